The molecule has 6 heteroatoms. The van der Waals surface area contributed by atoms with Crippen LogP contribution in [0.1, 0.15) is 12.8 Å². The zero-order valence-electron chi connectivity index (χ0n) is 7.32. The van der Waals surface area contributed by atoms with E-state index in [-0.39, 0.29) is 19.4 Å². The SMILES string of the molecule is COC[C@](N)(CCC(=O)O)C(=O)O. The number of methoxy groups -OCH3 is 1. The lowest BCUT2D eigenvalue weighted by molar-refractivity contribution is -0.146. The molecule has 0 aromatic carbocycles. The predicted octanol–water partition coefficient (Wildman–Crippen LogP) is -0.720. The van der Waals surface area contributed by atoms with E-state index >= 15 is 0 Å². The largest absolute Gasteiger partial charge is 0.481 e. The van der Waals surface area contributed by atoms with Crippen LogP contribution in [0.15, 0.2) is 0 Å². The molecule has 0 saturated heterocycles. The maximum Gasteiger partial charge on any atom is 0.326 e. The van der Waals surface area contributed by atoms with Gasteiger partial charge >= 0.3 is 11.9 Å². The van der Waals surface area contributed by atoms with E-state index in [0.717, 1.165) is 0 Å². The van der Waals surface area contributed by atoms with Crippen LogP contribution in [0.4, 0.5) is 0 Å². The van der Waals surface area contributed by atoms with Gasteiger partial charge in [-0.05, 0) is 6.42 Å². The fourth-order valence-corrected chi connectivity index (χ4v) is 0.828. The van der Waals surface area contributed by atoms with Gasteiger partial charge < -0.3 is 20.7 Å². The summed E-state index contributed by atoms with van der Waals surface area (Å²) >= 11 is 0. The fourth-order valence-electron chi connectivity index (χ4n) is 0.828. The lowest BCUT2D eigenvalue weighted by atomic mass is 9.96. The van der Waals surface area contributed by atoms with Gasteiger partial charge in [0.15, 0.2) is 0 Å². The maximum absolute atomic E-state index is 10.6. The van der Waals surface area contributed by atoms with Gasteiger partial charge in [0, 0.05) is 13.5 Å². The van der Waals surface area contributed by atoms with Gasteiger partial charge in [0.1, 0.15) is 5.54 Å². The minimum Gasteiger partial charge on any atom is -0.481 e. The summed E-state index contributed by atoms with van der Waals surface area (Å²) in [4.78, 5) is 20.8. The molecule has 13 heavy (non-hydrogen) atoms. The molecule has 6 nitrogen and oxygen atoms in total. The molecule has 0 fully saturated rings. The molecule has 76 valence electrons. The summed E-state index contributed by atoms with van der Waals surface area (Å²) in [6.07, 6.45) is -0.433. The summed E-state index contributed by atoms with van der Waals surface area (Å²) in [5, 5.41) is 17.0. The topological polar surface area (TPSA) is 110 Å². The monoisotopic (exact) mass is 191 g/mol. The first-order chi connectivity index (χ1) is 5.92. The number of aliphatic carboxylic acids is 2. The second kappa shape index (κ2) is 4.78. The molecule has 0 unspecified atom stereocenters. The molecular weight excluding hydrogens is 178 g/mol. The molecule has 1 atom stereocenters. The zero-order chi connectivity index (χ0) is 10.5. The van der Waals surface area contributed by atoms with Crippen LogP contribution in [-0.4, -0.2) is 41.4 Å². The van der Waals surface area contributed by atoms with Gasteiger partial charge in [-0.2, -0.15) is 0 Å². The van der Waals surface area contributed by atoms with Crippen molar-refractivity contribution in [1.82, 2.24) is 0 Å². The standard InChI is InChI=1S/C7H13NO5/c1-13-4-7(8,6(11)12)3-2-5(9)10/h2-4,8H2,1H3,(H,9,10)(H,11,12)/t7-/m1/s1. The van der Waals surface area contributed by atoms with Crippen molar-refractivity contribution in [3.63, 3.8) is 0 Å². The highest BCUT2D eigenvalue weighted by Crippen LogP contribution is 2.10. The van der Waals surface area contributed by atoms with Crippen LogP contribution in [0.3, 0.4) is 0 Å². The van der Waals surface area contributed by atoms with Crippen LogP contribution in [0.5, 0.6) is 0 Å². The Kier molecular flexibility index (Phi) is 4.36. The lowest BCUT2D eigenvalue weighted by Crippen LogP contribution is -2.52. The lowest BCUT2D eigenvalue weighted by Gasteiger charge is -2.22. The number of carboxylic acids is 2. The highest BCUT2D eigenvalue weighted by atomic mass is 16.5. The predicted molar refractivity (Wildman–Crippen MR) is 43.3 cm³/mol. The van der Waals surface area contributed by atoms with Crippen molar-refractivity contribution in [2.75, 3.05) is 13.7 Å². The normalized spacial score (nSPS) is 14.9. The highest BCUT2D eigenvalue weighted by molar-refractivity contribution is 5.79. The van der Waals surface area contributed by atoms with Crippen LogP contribution >= 0.6 is 0 Å². The van der Waals surface area contributed by atoms with E-state index in [2.05, 4.69) is 4.74 Å². The fraction of sp³-hybridized carbons (Fsp3) is 0.714. The van der Waals surface area contributed by atoms with E-state index in [1.165, 1.54) is 7.11 Å². The van der Waals surface area contributed by atoms with Crippen molar-refractivity contribution < 1.29 is 24.5 Å². The minimum absolute atomic E-state index is 0.147. The van der Waals surface area contributed by atoms with Crippen LogP contribution in [0.2, 0.25) is 0 Å². The van der Waals surface area contributed by atoms with Crippen LogP contribution < -0.4 is 5.73 Å². The molecule has 0 aliphatic rings. The number of hydrogen-bond donors (Lipinski definition) is 3. The summed E-state index contributed by atoms with van der Waals surface area (Å²) in [5.74, 6) is -2.33. The van der Waals surface area contributed by atoms with E-state index < -0.39 is 17.5 Å². The Bertz CT molecular complexity index is 205. The first-order valence-corrected chi connectivity index (χ1v) is 3.65. The average Bonchev–Trinajstić information content (AvgIpc) is 2.01. The molecule has 0 heterocycles. The van der Waals surface area contributed by atoms with E-state index in [0.29, 0.717) is 0 Å². The first-order valence-electron chi connectivity index (χ1n) is 3.65. The zero-order valence-corrected chi connectivity index (χ0v) is 7.32. The molecule has 0 spiro atoms. The molecule has 0 aromatic rings. The van der Waals surface area contributed by atoms with Crippen molar-refractivity contribution in [2.45, 2.75) is 18.4 Å². The smallest absolute Gasteiger partial charge is 0.326 e. The average molecular weight is 191 g/mol. The number of carboxylic acid groups (broad SMARTS) is 2. The van der Waals surface area contributed by atoms with Crippen molar-refractivity contribution in [3.05, 3.63) is 0 Å². The summed E-state index contributed by atoms with van der Waals surface area (Å²) in [6.45, 7) is -0.199. The minimum atomic E-state index is -1.60. The van der Waals surface area contributed by atoms with E-state index in [4.69, 9.17) is 15.9 Å². The van der Waals surface area contributed by atoms with Crippen LogP contribution in [0, 0.1) is 0 Å². The molecule has 0 bridgehead atoms. The Morgan fingerprint density at radius 1 is 1.46 bits per heavy atom. The molecule has 0 saturated carbocycles. The Balaban J connectivity index is 4.24. The first kappa shape index (κ1) is 11.9. The summed E-state index contributed by atoms with van der Waals surface area (Å²) in [7, 11) is 1.31. The number of carbonyl (C=O) groups is 2. The van der Waals surface area contributed by atoms with E-state index in [1.54, 1.807) is 0 Å². The Labute approximate surface area is 75.3 Å². The van der Waals surface area contributed by atoms with Gasteiger partial charge in [-0.3, -0.25) is 9.59 Å². The van der Waals surface area contributed by atoms with E-state index in [1.807, 2.05) is 0 Å². The van der Waals surface area contributed by atoms with Crippen LogP contribution in [0.25, 0.3) is 0 Å². The summed E-state index contributed by atoms with van der Waals surface area (Å²) < 4.78 is 4.60. The van der Waals surface area contributed by atoms with E-state index in [9.17, 15) is 9.59 Å². The Morgan fingerprint density at radius 3 is 2.31 bits per heavy atom. The maximum atomic E-state index is 10.6. The molecule has 0 amide bonds. The van der Waals surface area contributed by atoms with Gasteiger partial charge in [-0.25, -0.2) is 0 Å². The second-order valence-electron chi connectivity index (χ2n) is 2.79. The Hall–Kier alpha value is -1.14. The van der Waals surface area contributed by atoms with Gasteiger partial charge in [0.25, 0.3) is 0 Å². The number of hydrogen-bond acceptors (Lipinski definition) is 4. The number of nitrogens with two attached hydrogens (primary N) is 1. The van der Waals surface area contributed by atoms with Gasteiger partial charge in [0.2, 0.25) is 0 Å². The number of ether oxygens (including phenoxy) is 1. The quantitative estimate of drug-likeness (QED) is 0.511. The van der Waals surface area contributed by atoms with Crippen LogP contribution in [-0.2, 0) is 14.3 Å². The molecule has 0 radical (unpaired) electrons. The molecule has 0 aromatic heterocycles. The van der Waals surface area contributed by atoms with Gasteiger partial charge in [0.05, 0.1) is 6.61 Å². The van der Waals surface area contributed by atoms with Gasteiger partial charge in [-0.15, -0.1) is 0 Å². The third-order valence-electron chi connectivity index (χ3n) is 1.61. The summed E-state index contributed by atoms with van der Waals surface area (Å²) in [6, 6.07) is 0. The Morgan fingerprint density at radius 2 is 2.00 bits per heavy atom. The molecule has 0 aliphatic carbocycles. The molecule has 0 aliphatic heterocycles. The second-order valence-corrected chi connectivity index (χ2v) is 2.79. The van der Waals surface area contributed by atoms with Gasteiger partial charge in [-0.1, -0.05) is 0 Å². The van der Waals surface area contributed by atoms with Crippen molar-refractivity contribution in [1.29, 1.82) is 0 Å². The molecule has 0 rings (SSSR count). The molecular formula is C7H13NO5. The van der Waals surface area contributed by atoms with Crippen molar-refractivity contribution in [2.24, 2.45) is 5.73 Å². The highest BCUT2D eigenvalue weighted by Gasteiger charge is 2.34. The number of rotatable bonds is 6. The van der Waals surface area contributed by atoms with Crippen molar-refractivity contribution >= 4 is 11.9 Å². The third kappa shape index (κ3) is 3.86. The van der Waals surface area contributed by atoms with Crippen molar-refractivity contribution in [3.8, 4) is 0 Å². The summed E-state index contributed by atoms with van der Waals surface area (Å²) in [5.41, 5.74) is 3.81. The third-order valence-corrected chi connectivity index (χ3v) is 1.61. The molecule has 4 N–H and O–H groups in total.